The van der Waals surface area contributed by atoms with Gasteiger partial charge in [-0.3, -0.25) is 0 Å². The fourth-order valence-electron chi connectivity index (χ4n) is 7.80. The average Bonchev–Trinajstić information content (AvgIpc) is 3.32. The molecule has 0 fully saturated rings. The van der Waals surface area contributed by atoms with Crippen molar-refractivity contribution in [3.8, 4) is 44.5 Å². The van der Waals surface area contributed by atoms with E-state index in [1.807, 2.05) is 0 Å². The second kappa shape index (κ2) is 9.78. The van der Waals surface area contributed by atoms with Crippen molar-refractivity contribution in [2.24, 2.45) is 0 Å². The molecule has 0 heteroatoms. The van der Waals surface area contributed by atoms with Crippen LogP contribution in [0.4, 0.5) is 0 Å². The lowest BCUT2D eigenvalue weighted by atomic mass is 9.79. The highest BCUT2D eigenvalue weighted by atomic mass is 14.4. The summed E-state index contributed by atoms with van der Waals surface area (Å²) in [5, 5.41) is 7.73. The van der Waals surface area contributed by atoms with Crippen LogP contribution < -0.4 is 0 Å². The summed E-state index contributed by atoms with van der Waals surface area (Å²) in [4.78, 5) is 0. The van der Waals surface area contributed by atoms with E-state index in [1.165, 1.54) is 88.0 Å². The van der Waals surface area contributed by atoms with E-state index in [1.54, 1.807) is 0 Å². The van der Waals surface area contributed by atoms with E-state index in [0.717, 1.165) is 0 Å². The minimum absolute atomic E-state index is 0.0681. The predicted octanol–water partition coefficient (Wildman–Crippen LogP) is 12.5. The smallest absolute Gasteiger partial charge is 0.0159 e. The third kappa shape index (κ3) is 3.92. The van der Waals surface area contributed by atoms with Crippen LogP contribution in [0.15, 0.2) is 158 Å². The normalized spacial score (nSPS) is 13.3. The van der Waals surface area contributed by atoms with Gasteiger partial charge in [0.15, 0.2) is 0 Å². The minimum atomic E-state index is -0.0681. The van der Waals surface area contributed by atoms with Crippen molar-refractivity contribution < 1.29 is 0 Å². The van der Waals surface area contributed by atoms with Gasteiger partial charge in [0, 0.05) is 5.41 Å². The highest BCUT2D eigenvalue weighted by Crippen LogP contribution is 2.53. The Labute approximate surface area is 264 Å². The van der Waals surface area contributed by atoms with E-state index in [2.05, 4.69) is 172 Å². The monoisotopic (exact) mass is 572 g/mol. The Morgan fingerprint density at radius 1 is 0.333 bits per heavy atom. The van der Waals surface area contributed by atoms with Crippen LogP contribution in [0.25, 0.3) is 76.8 Å². The van der Waals surface area contributed by atoms with Crippen molar-refractivity contribution >= 4 is 32.3 Å². The lowest BCUT2D eigenvalue weighted by molar-refractivity contribution is 0.661. The number of hydrogen-bond acceptors (Lipinski definition) is 0. The van der Waals surface area contributed by atoms with E-state index in [-0.39, 0.29) is 5.41 Å². The van der Waals surface area contributed by atoms with Crippen LogP contribution in [0.2, 0.25) is 0 Å². The number of benzene rings is 8. The molecule has 45 heavy (non-hydrogen) atoms. The number of rotatable bonds is 3. The van der Waals surface area contributed by atoms with Crippen LogP contribution in [0, 0.1) is 0 Å². The average molecular weight is 573 g/mol. The predicted molar refractivity (Wildman–Crippen MR) is 193 cm³/mol. The van der Waals surface area contributed by atoms with Crippen LogP contribution >= 0.6 is 0 Å². The van der Waals surface area contributed by atoms with Crippen LogP contribution in [-0.2, 0) is 5.41 Å². The Bertz CT molecular complexity index is 2430. The van der Waals surface area contributed by atoms with Crippen LogP contribution in [-0.4, -0.2) is 0 Å². The standard InChI is InChI=1S/C45H32/c1-45(2)41-19-11-10-16-35(41)38-27-39-40(28-42(38)45)43(31-13-4-3-5-14-31)36-17-8-9-18-37(36)44(39)32-23-20-30(21-24-32)34-25-22-29-12-6-7-15-33(29)26-34/h3-28H,1-2H3. The van der Waals surface area contributed by atoms with Gasteiger partial charge in [-0.2, -0.15) is 0 Å². The van der Waals surface area contributed by atoms with Gasteiger partial charge < -0.3 is 0 Å². The second-order valence-corrected chi connectivity index (χ2v) is 12.9. The molecule has 0 saturated heterocycles. The molecule has 0 bridgehead atoms. The van der Waals surface area contributed by atoms with E-state index in [9.17, 15) is 0 Å². The summed E-state index contributed by atoms with van der Waals surface area (Å²) in [5.41, 5.74) is 13.0. The molecule has 0 nitrogen and oxygen atoms in total. The maximum atomic E-state index is 2.51. The zero-order chi connectivity index (χ0) is 30.1. The first-order chi connectivity index (χ1) is 22.1. The van der Waals surface area contributed by atoms with Crippen molar-refractivity contribution in [1.82, 2.24) is 0 Å². The van der Waals surface area contributed by atoms with Gasteiger partial charge in [-0.05, 0) is 106 Å². The first-order valence-electron chi connectivity index (χ1n) is 15.9. The van der Waals surface area contributed by atoms with E-state index >= 15 is 0 Å². The summed E-state index contributed by atoms with van der Waals surface area (Å²) in [6, 6.07) is 58.4. The molecule has 8 aromatic carbocycles. The van der Waals surface area contributed by atoms with Crippen LogP contribution in [0.5, 0.6) is 0 Å². The summed E-state index contributed by atoms with van der Waals surface area (Å²) >= 11 is 0. The van der Waals surface area contributed by atoms with E-state index in [4.69, 9.17) is 0 Å². The Kier molecular flexibility index (Phi) is 5.64. The maximum absolute atomic E-state index is 2.51. The van der Waals surface area contributed by atoms with E-state index < -0.39 is 0 Å². The first-order valence-corrected chi connectivity index (χ1v) is 15.9. The van der Waals surface area contributed by atoms with Crippen molar-refractivity contribution in [2.75, 3.05) is 0 Å². The number of fused-ring (bicyclic) bond motifs is 6. The summed E-state index contributed by atoms with van der Waals surface area (Å²) < 4.78 is 0. The molecule has 1 aliphatic carbocycles. The van der Waals surface area contributed by atoms with Crippen LogP contribution in [0.1, 0.15) is 25.0 Å². The molecule has 0 atom stereocenters. The molecule has 0 amide bonds. The Morgan fingerprint density at radius 2 is 0.889 bits per heavy atom. The van der Waals surface area contributed by atoms with Crippen molar-refractivity contribution in [1.29, 1.82) is 0 Å². The Morgan fingerprint density at radius 3 is 1.64 bits per heavy atom. The van der Waals surface area contributed by atoms with Gasteiger partial charge in [0.1, 0.15) is 0 Å². The summed E-state index contributed by atoms with van der Waals surface area (Å²) in [5.74, 6) is 0. The van der Waals surface area contributed by atoms with Crippen molar-refractivity contribution in [3.05, 3.63) is 169 Å². The molecule has 0 N–H and O–H groups in total. The SMILES string of the molecule is CC1(C)c2ccccc2-c2cc3c(-c4ccc(-c5ccc6ccccc6c5)cc4)c4ccccc4c(-c4ccccc4)c3cc21. The maximum Gasteiger partial charge on any atom is 0.0159 e. The molecule has 8 aromatic rings. The third-order valence-corrected chi connectivity index (χ3v) is 10.0. The van der Waals surface area contributed by atoms with Crippen LogP contribution in [0.3, 0.4) is 0 Å². The molecule has 9 rings (SSSR count). The zero-order valence-electron chi connectivity index (χ0n) is 25.5. The molecular weight excluding hydrogens is 540 g/mol. The fourth-order valence-corrected chi connectivity index (χ4v) is 7.80. The molecule has 0 radical (unpaired) electrons. The van der Waals surface area contributed by atoms with Gasteiger partial charge in [-0.1, -0.05) is 153 Å². The molecular formula is C45H32. The third-order valence-electron chi connectivity index (χ3n) is 10.0. The zero-order valence-corrected chi connectivity index (χ0v) is 25.5. The quantitative estimate of drug-likeness (QED) is 0.185. The van der Waals surface area contributed by atoms with Gasteiger partial charge in [0.25, 0.3) is 0 Å². The second-order valence-electron chi connectivity index (χ2n) is 12.9. The van der Waals surface area contributed by atoms with Gasteiger partial charge in [-0.15, -0.1) is 0 Å². The Hall–Kier alpha value is -5.46. The molecule has 0 aliphatic heterocycles. The van der Waals surface area contributed by atoms with Crippen molar-refractivity contribution in [3.63, 3.8) is 0 Å². The topological polar surface area (TPSA) is 0 Å². The number of hydrogen-bond donors (Lipinski definition) is 0. The highest BCUT2D eigenvalue weighted by Gasteiger charge is 2.36. The van der Waals surface area contributed by atoms with Gasteiger partial charge >= 0.3 is 0 Å². The summed E-state index contributed by atoms with van der Waals surface area (Å²) in [6.45, 7) is 4.75. The first kappa shape index (κ1) is 26.0. The van der Waals surface area contributed by atoms with Gasteiger partial charge in [0.2, 0.25) is 0 Å². The summed E-state index contributed by atoms with van der Waals surface area (Å²) in [7, 11) is 0. The molecule has 0 unspecified atom stereocenters. The Balaban J connectivity index is 1.34. The van der Waals surface area contributed by atoms with Crippen molar-refractivity contribution in [2.45, 2.75) is 19.3 Å². The fraction of sp³-hybridized carbons (Fsp3) is 0.0667. The van der Waals surface area contributed by atoms with Gasteiger partial charge in [-0.25, -0.2) is 0 Å². The lowest BCUT2D eigenvalue weighted by Gasteiger charge is -2.24. The molecule has 1 aliphatic rings. The van der Waals surface area contributed by atoms with E-state index in [0.29, 0.717) is 0 Å². The lowest BCUT2D eigenvalue weighted by Crippen LogP contribution is -2.14. The molecule has 0 aromatic heterocycles. The summed E-state index contributed by atoms with van der Waals surface area (Å²) in [6.07, 6.45) is 0. The molecule has 0 saturated carbocycles. The minimum Gasteiger partial charge on any atom is -0.0622 e. The largest absolute Gasteiger partial charge is 0.0622 e. The molecule has 212 valence electrons. The molecule has 0 heterocycles. The molecule has 0 spiro atoms. The highest BCUT2D eigenvalue weighted by molar-refractivity contribution is 6.22. The van der Waals surface area contributed by atoms with Gasteiger partial charge in [0.05, 0.1) is 0 Å².